The Morgan fingerprint density at radius 3 is 2.71 bits per heavy atom. The van der Waals surface area contributed by atoms with Crippen LogP contribution in [0.4, 0.5) is 5.69 Å². The zero-order valence-electron chi connectivity index (χ0n) is 7.99. The van der Waals surface area contributed by atoms with Crippen molar-refractivity contribution in [2.45, 2.75) is 18.9 Å². The highest BCUT2D eigenvalue weighted by Gasteiger charge is 2.23. The molecule has 2 nitrogen and oxygen atoms in total. The van der Waals surface area contributed by atoms with Gasteiger partial charge in [-0.2, -0.15) is 0 Å². The highest BCUT2D eigenvalue weighted by atomic mass is 79.9. The van der Waals surface area contributed by atoms with Crippen molar-refractivity contribution in [3.63, 3.8) is 0 Å². The maximum absolute atomic E-state index is 9.20. The summed E-state index contributed by atoms with van der Waals surface area (Å²) in [5, 5.41) is 9.20. The molecule has 0 amide bonds. The Labute approximate surface area is 92.7 Å². The van der Waals surface area contributed by atoms with E-state index < -0.39 is 0 Å². The van der Waals surface area contributed by atoms with Crippen LogP contribution in [0.3, 0.4) is 0 Å². The lowest BCUT2D eigenvalue weighted by molar-refractivity contribution is 0.266. The smallest absolute Gasteiger partial charge is 0.0635 e. The predicted molar refractivity (Wildman–Crippen MR) is 61.6 cm³/mol. The molecular weight excluding hydrogens is 242 g/mol. The number of aliphatic hydroxyl groups is 1. The maximum atomic E-state index is 9.20. The topological polar surface area (TPSA) is 23.5 Å². The summed E-state index contributed by atoms with van der Waals surface area (Å²) in [6, 6.07) is 8.59. The number of halogens is 1. The van der Waals surface area contributed by atoms with Crippen LogP contribution < -0.4 is 4.90 Å². The maximum Gasteiger partial charge on any atom is 0.0635 e. The van der Waals surface area contributed by atoms with Crippen LogP contribution in [0.15, 0.2) is 28.7 Å². The molecule has 14 heavy (non-hydrogen) atoms. The Hall–Kier alpha value is -0.540. The molecule has 0 aromatic heterocycles. The minimum Gasteiger partial charge on any atom is -0.394 e. The molecule has 0 aliphatic carbocycles. The van der Waals surface area contributed by atoms with Crippen molar-refractivity contribution in [3.8, 4) is 0 Å². The van der Waals surface area contributed by atoms with E-state index in [1.165, 1.54) is 12.1 Å². The number of benzene rings is 1. The minimum absolute atomic E-state index is 0.260. The summed E-state index contributed by atoms with van der Waals surface area (Å²) >= 11 is 3.42. The number of hydrogen-bond donors (Lipinski definition) is 1. The van der Waals surface area contributed by atoms with Crippen LogP contribution in [0.25, 0.3) is 0 Å². The average molecular weight is 256 g/mol. The monoisotopic (exact) mass is 255 g/mol. The number of anilines is 1. The van der Waals surface area contributed by atoms with E-state index >= 15 is 0 Å². The third-order valence-electron chi connectivity index (χ3n) is 2.75. The van der Waals surface area contributed by atoms with Crippen molar-refractivity contribution < 1.29 is 5.11 Å². The first kappa shape index (κ1) is 9.99. The Kier molecular flexibility index (Phi) is 3.08. The molecule has 1 saturated heterocycles. The molecule has 1 N–H and O–H groups in total. The number of nitrogens with zero attached hydrogens (tertiary/aromatic N) is 1. The zero-order valence-corrected chi connectivity index (χ0v) is 9.57. The van der Waals surface area contributed by atoms with Crippen LogP contribution in [-0.4, -0.2) is 24.3 Å². The Morgan fingerprint density at radius 1 is 1.36 bits per heavy atom. The molecule has 1 aliphatic heterocycles. The van der Waals surface area contributed by atoms with Crippen molar-refractivity contribution in [2.24, 2.45) is 0 Å². The van der Waals surface area contributed by atoms with Gasteiger partial charge in [0.1, 0.15) is 0 Å². The summed E-state index contributed by atoms with van der Waals surface area (Å²) in [6.45, 7) is 1.32. The summed E-state index contributed by atoms with van der Waals surface area (Å²) in [7, 11) is 0. The van der Waals surface area contributed by atoms with E-state index in [1.54, 1.807) is 0 Å². The van der Waals surface area contributed by atoms with Gasteiger partial charge in [0.25, 0.3) is 0 Å². The van der Waals surface area contributed by atoms with Gasteiger partial charge in [0, 0.05) is 16.7 Å². The van der Waals surface area contributed by atoms with Gasteiger partial charge in [-0.05, 0) is 37.1 Å². The molecule has 1 heterocycles. The Bertz CT molecular complexity index is 299. The van der Waals surface area contributed by atoms with E-state index in [-0.39, 0.29) is 6.61 Å². The molecule has 0 unspecified atom stereocenters. The van der Waals surface area contributed by atoms with Gasteiger partial charge in [-0.25, -0.2) is 0 Å². The third kappa shape index (κ3) is 1.93. The quantitative estimate of drug-likeness (QED) is 0.878. The fraction of sp³-hybridized carbons (Fsp3) is 0.455. The first-order chi connectivity index (χ1) is 6.81. The van der Waals surface area contributed by atoms with Gasteiger partial charge >= 0.3 is 0 Å². The molecule has 1 aromatic carbocycles. The Balaban J connectivity index is 2.17. The second kappa shape index (κ2) is 4.32. The van der Waals surface area contributed by atoms with Gasteiger partial charge in [0.05, 0.1) is 12.6 Å². The summed E-state index contributed by atoms with van der Waals surface area (Å²) in [4.78, 5) is 2.28. The van der Waals surface area contributed by atoms with Gasteiger partial charge in [0.15, 0.2) is 0 Å². The summed E-state index contributed by atoms with van der Waals surface area (Å²) < 4.78 is 1.10. The number of rotatable bonds is 2. The van der Waals surface area contributed by atoms with Crippen molar-refractivity contribution in [2.75, 3.05) is 18.1 Å². The molecule has 0 saturated carbocycles. The molecule has 1 atom stereocenters. The van der Waals surface area contributed by atoms with E-state index in [9.17, 15) is 5.11 Å². The first-order valence-electron chi connectivity index (χ1n) is 4.94. The molecule has 3 heteroatoms. The lowest BCUT2D eigenvalue weighted by Crippen LogP contribution is -2.31. The highest BCUT2D eigenvalue weighted by molar-refractivity contribution is 9.10. The van der Waals surface area contributed by atoms with Gasteiger partial charge in [-0.3, -0.25) is 0 Å². The standard InChI is InChI=1S/C11H14BrNO/c12-9-3-5-10(6-4-9)13-7-1-2-11(13)8-14/h3-6,11,14H,1-2,7-8H2/t11-/m0/s1. The molecule has 0 spiro atoms. The summed E-state index contributed by atoms with van der Waals surface area (Å²) in [5.41, 5.74) is 1.21. The minimum atomic E-state index is 0.260. The third-order valence-corrected chi connectivity index (χ3v) is 3.27. The van der Waals surface area contributed by atoms with Gasteiger partial charge < -0.3 is 10.0 Å². The Morgan fingerprint density at radius 2 is 2.07 bits per heavy atom. The van der Waals surface area contributed by atoms with E-state index in [4.69, 9.17) is 0 Å². The molecule has 76 valence electrons. The molecule has 0 bridgehead atoms. The van der Waals surface area contributed by atoms with E-state index in [1.807, 2.05) is 12.1 Å². The average Bonchev–Trinajstić information content (AvgIpc) is 2.67. The van der Waals surface area contributed by atoms with E-state index in [2.05, 4.69) is 33.0 Å². The van der Waals surface area contributed by atoms with Gasteiger partial charge in [0.2, 0.25) is 0 Å². The number of aliphatic hydroxyl groups excluding tert-OH is 1. The molecule has 0 radical (unpaired) electrons. The molecule has 1 aliphatic rings. The zero-order chi connectivity index (χ0) is 9.97. The first-order valence-corrected chi connectivity index (χ1v) is 5.73. The van der Waals surface area contributed by atoms with Crippen molar-refractivity contribution in [1.82, 2.24) is 0 Å². The second-order valence-corrected chi connectivity index (χ2v) is 4.56. The SMILES string of the molecule is OC[C@@H]1CCCN1c1ccc(Br)cc1. The largest absolute Gasteiger partial charge is 0.394 e. The molecular formula is C11H14BrNO. The molecule has 1 fully saturated rings. The summed E-state index contributed by atoms with van der Waals surface area (Å²) in [5.74, 6) is 0. The lowest BCUT2D eigenvalue weighted by atomic mass is 10.2. The highest BCUT2D eigenvalue weighted by Crippen LogP contribution is 2.26. The van der Waals surface area contributed by atoms with Crippen LogP contribution >= 0.6 is 15.9 Å². The van der Waals surface area contributed by atoms with Crippen LogP contribution in [0.2, 0.25) is 0 Å². The van der Waals surface area contributed by atoms with Crippen LogP contribution in [0.5, 0.6) is 0 Å². The van der Waals surface area contributed by atoms with Crippen LogP contribution in [0.1, 0.15) is 12.8 Å². The van der Waals surface area contributed by atoms with Gasteiger partial charge in [-0.1, -0.05) is 15.9 Å². The van der Waals surface area contributed by atoms with Gasteiger partial charge in [-0.15, -0.1) is 0 Å². The van der Waals surface area contributed by atoms with Crippen molar-refractivity contribution in [1.29, 1.82) is 0 Å². The number of hydrogen-bond acceptors (Lipinski definition) is 2. The fourth-order valence-electron chi connectivity index (χ4n) is 2.00. The predicted octanol–water partition coefficient (Wildman–Crippen LogP) is 2.41. The fourth-order valence-corrected chi connectivity index (χ4v) is 2.26. The van der Waals surface area contributed by atoms with Crippen LogP contribution in [0, 0.1) is 0 Å². The normalized spacial score (nSPS) is 21.6. The molecule has 1 aromatic rings. The van der Waals surface area contributed by atoms with E-state index in [0.717, 1.165) is 17.4 Å². The van der Waals surface area contributed by atoms with E-state index in [0.29, 0.717) is 6.04 Å². The summed E-state index contributed by atoms with van der Waals surface area (Å²) in [6.07, 6.45) is 2.29. The van der Waals surface area contributed by atoms with Crippen molar-refractivity contribution in [3.05, 3.63) is 28.7 Å². The lowest BCUT2D eigenvalue weighted by Gasteiger charge is -2.25. The van der Waals surface area contributed by atoms with Crippen molar-refractivity contribution >= 4 is 21.6 Å². The second-order valence-electron chi connectivity index (χ2n) is 3.65. The van der Waals surface area contributed by atoms with Crippen LogP contribution in [-0.2, 0) is 0 Å². The molecule has 2 rings (SSSR count).